The van der Waals surface area contributed by atoms with Gasteiger partial charge in [-0.05, 0) is 73.4 Å². The van der Waals surface area contributed by atoms with Crippen molar-refractivity contribution in [2.75, 3.05) is 11.6 Å². The zero-order valence-electron chi connectivity index (χ0n) is 17.2. The Morgan fingerprint density at radius 1 is 0.844 bits per heavy atom. The Bertz CT molecular complexity index is 992. The van der Waals surface area contributed by atoms with Crippen molar-refractivity contribution in [1.29, 1.82) is 0 Å². The molecule has 0 bridgehead atoms. The molecule has 0 unspecified atom stereocenters. The number of ether oxygens (including phenoxy) is 2. The van der Waals surface area contributed by atoms with Crippen LogP contribution in [0.1, 0.15) is 28.8 Å². The second-order valence-corrected chi connectivity index (χ2v) is 7.03. The van der Waals surface area contributed by atoms with E-state index in [0.717, 1.165) is 36.4 Å². The van der Waals surface area contributed by atoms with Crippen LogP contribution < -0.4 is 20.3 Å². The van der Waals surface area contributed by atoms with Gasteiger partial charge in [-0.1, -0.05) is 30.3 Å². The van der Waals surface area contributed by atoms with Crippen LogP contribution in [-0.4, -0.2) is 18.9 Å². The third-order valence-corrected chi connectivity index (χ3v) is 4.64. The molecule has 0 aliphatic carbocycles. The number of nitrogens with zero attached hydrogens (tertiary/aromatic N) is 1. The zero-order chi connectivity index (χ0) is 23.0. The van der Waals surface area contributed by atoms with Crippen LogP contribution in [0.4, 0.5) is 18.9 Å². The smallest absolute Gasteiger partial charge is 0.494 e. The number of hydrazine groups is 1. The van der Waals surface area contributed by atoms with E-state index < -0.39 is 18.0 Å². The summed E-state index contributed by atoms with van der Waals surface area (Å²) in [4.78, 5) is 12.6. The van der Waals surface area contributed by atoms with E-state index in [1.54, 1.807) is 24.3 Å². The molecule has 3 aromatic rings. The van der Waals surface area contributed by atoms with Crippen LogP contribution in [0.3, 0.4) is 0 Å². The summed E-state index contributed by atoms with van der Waals surface area (Å²) in [6, 6.07) is 21.5. The lowest BCUT2D eigenvalue weighted by Gasteiger charge is -2.17. The molecule has 0 spiro atoms. The molecule has 2 N–H and O–H groups in total. The first kappa shape index (κ1) is 23.1. The van der Waals surface area contributed by atoms with Gasteiger partial charge in [0.1, 0.15) is 11.5 Å². The molecule has 8 heteroatoms. The molecule has 0 heterocycles. The van der Waals surface area contributed by atoms with Crippen molar-refractivity contribution in [2.45, 2.75) is 25.6 Å². The summed E-state index contributed by atoms with van der Waals surface area (Å²) >= 11 is 0. The highest BCUT2D eigenvalue weighted by Crippen LogP contribution is 2.25. The van der Waals surface area contributed by atoms with E-state index in [1.165, 1.54) is 17.7 Å². The molecular weight excluding hydrogens is 421 g/mol. The Morgan fingerprint density at radius 3 is 2.09 bits per heavy atom. The van der Waals surface area contributed by atoms with Gasteiger partial charge < -0.3 is 9.47 Å². The second-order valence-electron chi connectivity index (χ2n) is 7.03. The van der Waals surface area contributed by atoms with Crippen molar-refractivity contribution < 1.29 is 27.4 Å². The topological polar surface area (TPSA) is 64.8 Å². The van der Waals surface area contributed by atoms with Crippen LogP contribution in [0.2, 0.25) is 0 Å². The number of unbranched alkanes of at least 4 members (excludes halogenated alkanes) is 1. The van der Waals surface area contributed by atoms with Gasteiger partial charge in [-0.2, -0.15) is 0 Å². The van der Waals surface area contributed by atoms with Crippen LogP contribution >= 0.6 is 0 Å². The average molecular weight is 444 g/mol. The van der Waals surface area contributed by atoms with Crippen molar-refractivity contribution in [2.24, 2.45) is 5.84 Å². The average Bonchev–Trinajstić information content (AvgIpc) is 2.78. The van der Waals surface area contributed by atoms with Crippen molar-refractivity contribution >= 4 is 11.6 Å². The van der Waals surface area contributed by atoms with Gasteiger partial charge in [0.2, 0.25) is 0 Å². The summed E-state index contributed by atoms with van der Waals surface area (Å²) in [5, 5.41) is 0.858. The number of nitrogens with two attached hydrogens (primary N) is 1. The highest BCUT2D eigenvalue weighted by molar-refractivity contribution is 6.05. The van der Waals surface area contributed by atoms with E-state index in [0.29, 0.717) is 17.9 Å². The third kappa shape index (κ3) is 7.02. The summed E-state index contributed by atoms with van der Waals surface area (Å²) in [6.45, 7) is 0.565. The molecule has 5 nitrogen and oxygen atoms in total. The molecule has 0 atom stereocenters. The number of hydrogen-bond acceptors (Lipinski definition) is 4. The Labute approximate surface area is 184 Å². The molecule has 0 aliphatic heterocycles. The van der Waals surface area contributed by atoms with E-state index >= 15 is 0 Å². The summed E-state index contributed by atoms with van der Waals surface area (Å²) in [5.74, 6) is 5.57. The van der Waals surface area contributed by atoms with Crippen molar-refractivity contribution in [1.82, 2.24) is 0 Å². The van der Waals surface area contributed by atoms with Gasteiger partial charge in [-0.25, -0.2) is 10.9 Å². The molecular formula is C24H23F3N2O3. The Hall–Kier alpha value is -3.52. The van der Waals surface area contributed by atoms with E-state index in [9.17, 15) is 18.0 Å². The maximum Gasteiger partial charge on any atom is 0.573 e. The SMILES string of the molecule is NN(C(=O)c1ccc(OCCCCc2ccccc2)cc1)c1ccc(OC(F)(F)F)cc1. The van der Waals surface area contributed by atoms with Gasteiger partial charge in [0, 0.05) is 5.56 Å². The number of rotatable bonds is 9. The van der Waals surface area contributed by atoms with E-state index in [2.05, 4.69) is 16.9 Å². The predicted octanol–water partition coefficient (Wildman–Crippen LogP) is 5.51. The van der Waals surface area contributed by atoms with Crippen molar-refractivity contribution in [3.8, 4) is 11.5 Å². The normalized spacial score (nSPS) is 11.1. The standard InChI is InChI=1S/C24H23F3N2O3/c25-24(26,27)32-22-15-11-20(12-16-22)29(28)23(30)19-9-13-21(14-10-19)31-17-5-4-8-18-6-2-1-3-7-18/h1-3,6-7,9-16H,4-5,8,17,28H2. The molecule has 1 amide bonds. The van der Waals surface area contributed by atoms with Crippen LogP contribution in [0, 0.1) is 0 Å². The maximum absolute atomic E-state index is 12.6. The predicted molar refractivity (Wildman–Crippen MR) is 115 cm³/mol. The van der Waals surface area contributed by atoms with Crippen LogP contribution in [0.5, 0.6) is 11.5 Å². The first-order valence-corrected chi connectivity index (χ1v) is 10.0. The molecule has 0 saturated heterocycles. The monoisotopic (exact) mass is 444 g/mol. The number of carbonyl (C=O) groups excluding carboxylic acids is 1. The summed E-state index contributed by atoms with van der Waals surface area (Å²) in [7, 11) is 0. The Morgan fingerprint density at radius 2 is 1.47 bits per heavy atom. The minimum Gasteiger partial charge on any atom is -0.494 e. The summed E-state index contributed by atoms with van der Waals surface area (Å²) in [5.41, 5.74) is 1.84. The molecule has 3 aromatic carbocycles. The number of aryl methyl sites for hydroxylation is 1. The lowest BCUT2D eigenvalue weighted by molar-refractivity contribution is -0.274. The number of benzene rings is 3. The van der Waals surface area contributed by atoms with Crippen molar-refractivity contribution in [3.63, 3.8) is 0 Å². The first-order chi connectivity index (χ1) is 15.3. The molecule has 0 radical (unpaired) electrons. The molecule has 168 valence electrons. The Balaban J connectivity index is 1.47. The largest absolute Gasteiger partial charge is 0.573 e. The lowest BCUT2D eigenvalue weighted by atomic mass is 10.1. The maximum atomic E-state index is 12.6. The molecule has 0 aromatic heterocycles. The number of halogens is 3. The van der Waals surface area contributed by atoms with E-state index in [4.69, 9.17) is 10.6 Å². The minimum absolute atomic E-state index is 0.225. The number of hydrogen-bond donors (Lipinski definition) is 1. The third-order valence-electron chi connectivity index (χ3n) is 4.64. The van der Waals surface area contributed by atoms with Gasteiger partial charge in [-0.15, -0.1) is 13.2 Å². The van der Waals surface area contributed by atoms with Crippen LogP contribution in [-0.2, 0) is 6.42 Å². The highest BCUT2D eigenvalue weighted by atomic mass is 19.4. The molecule has 0 saturated carbocycles. The number of alkyl halides is 3. The van der Waals surface area contributed by atoms with Gasteiger partial charge in [-0.3, -0.25) is 4.79 Å². The number of amides is 1. The van der Waals surface area contributed by atoms with Crippen LogP contribution in [0.15, 0.2) is 78.9 Å². The second kappa shape index (κ2) is 10.7. The Kier molecular flexibility index (Phi) is 7.72. The number of carbonyl (C=O) groups is 1. The fourth-order valence-electron chi connectivity index (χ4n) is 3.02. The van der Waals surface area contributed by atoms with E-state index in [1.807, 2.05) is 18.2 Å². The van der Waals surface area contributed by atoms with Gasteiger partial charge in [0.05, 0.1) is 12.3 Å². The molecule has 3 rings (SSSR count). The highest BCUT2D eigenvalue weighted by Gasteiger charge is 2.31. The fraction of sp³-hybridized carbons (Fsp3) is 0.208. The van der Waals surface area contributed by atoms with Crippen molar-refractivity contribution in [3.05, 3.63) is 90.0 Å². The summed E-state index contributed by atoms with van der Waals surface area (Å²) in [6.07, 6.45) is -1.88. The van der Waals surface area contributed by atoms with Crippen LogP contribution in [0.25, 0.3) is 0 Å². The number of anilines is 1. The van der Waals surface area contributed by atoms with E-state index in [-0.39, 0.29) is 5.69 Å². The summed E-state index contributed by atoms with van der Waals surface area (Å²) < 4.78 is 46.3. The lowest BCUT2D eigenvalue weighted by Crippen LogP contribution is -2.37. The quantitative estimate of drug-likeness (QED) is 0.205. The van der Waals surface area contributed by atoms with Gasteiger partial charge in [0.25, 0.3) is 5.91 Å². The minimum atomic E-state index is -4.79. The van der Waals surface area contributed by atoms with Gasteiger partial charge in [0.15, 0.2) is 0 Å². The zero-order valence-corrected chi connectivity index (χ0v) is 17.2. The molecule has 0 aliphatic rings. The molecule has 0 fully saturated rings. The first-order valence-electron chi connectivity index (χ1n) is 10.0. The van der Waals surface area contributed by atoms with Gasteiger partial charge >= 0.3 is 6.36 Å². The fourth-order valence-corrected chi connectivity index (χ4v) is 3.02. The molecule has 32 heavy (non-hydrogen) atoms.